The molecule has 0 spiro atoms. The standard InChI is InChI=1S/C18H18Cl2N2O2/c1-12-15(20)3-2-4-16(12)22-18(24)11-17(23)21-10-9-13-5-7-14(19)8-6-13/h2-8H,9-11H2,1H3,(H,21,23)(H,22,24). The van der Waals surface area contributed by atoms with Crippen molar-refractivity contribution in [2.75, 3.05) is 11.9 Å². The number of nitrogens with one attached hydrogen (secondary N) is 2. The van der Waals surface area contributed by atoms with Gasteiger partial charge in [0.15, 0.2) is 0 Å². The third-order valence-electron chi connectivity index (χ3n) is 3.51. The third-order valence-corrected chi connectivity index (χ3v) is 4.17. The van der Waals surface area contributed by atoms with Gasteiger partial charge in [0.25, 0.3) is 0 Å². The molecular formula is C18H18Cl2N2O2. The Morgan fingerprint density at radius 2 is 1.71 bits per heavy atom. The second kappa shape index (κ2) is 8.71. The Labute approximate surface area is 151 Å². The zero-order chi connectivity index (χ0) is 17.5. The normalized spacial score (nSPS) is 10.3. The lowest BCUT2D eigenvalue weighted by atomic mass is 10.1. The van der Waals surface area contributed by atoms with Crippen LogP contribution >= 0.6 is 23.2 Å². The minimum absolute atomic E-state index is 0.230. The molecule has 0 radical (unpaired) electrons. The van der Waals surface area contributed by atoms with Crippen LogP contribution in [0.3, 0.4) is 0 Å². The number of rotatable bonds is 6. The summed E-state index contributed by atoms with van der Waals surface area (Å²) in [6, 6.07) is 12.7. The summed E-state index contributed by atoms with van der Waals surface area (Å²) in [5.74, 6) is -0.689. The summed E-state index contributed by atoms with van der Waals surface area (Å²) in [6.07, 6.45) is 0.449. The lowest BCUT2D eigenvalue weighted by molar-refractivity contribution is -0.126. The van der Waals surface area contributed by atoms with E-state index in [-0.39, 0.29) is 18.2 Å². The van der Waals surface area contributed by atoms with E-state index in [9.17, 15) is 9.59 Å². The number of benzene rings is 2. The van der Waals surface area contributed by atoms with Gasteiger partial charge in [-0.2, -0.15) is 0 Å². The van der Waals surface area contributed by atoms with Crippen LogP contribution in [-0.4, -0.2) is 18.4 Å². The molecule has 2 aromatic carbocycles. The van der Waals surface area contributed by atoms with Gasteiger partial charge in [0.1, 0.15) is 6.42 Å². The van der Waals surface area contributed by atoms with E-state index in [1.165, 1.54) is 0 Å². The third kappa shape index (κ3) is 5.55. The molecule has 0 aliphatic rings. The predicted molar refractivity (Wildman–Crippen MR) is 97.6 cm³/mol. The number of hydrogen-bond acceptors (Lipinski definition) is 2. The molecule has 2 amide bonds. The van der Waals surface area contributed by atoms with E-state index in [1.807, 2.05) is 19.1 Å². The van der Waals surface area contributed by atoms with E-state index >= 15 is 0 Å². The molecule has 2 aromatic rings. The molecule has 6 heteroatoms. The van der Waals surface area contributed by atoms with Crippen LogP contribution in [0.4, 0.5) is 5.69 Å². The van der Waals surface area contributed by atoms with Crippen molar-refractivity contribution in [1.82, 2.24) is 5.32 Å². The average molecular weight is 365 g/mol. The van der Waals surface area contributed by atoms with Gasteiger partial charge in [-0.15, -0.1) is 0 Å². The Hall–Kier alpha value is -2.04. The molecule has 2 rings (SSSR count). The van der Waals surface area contributed by atoms with E-state index in [4.69, 9.17) is 23.2 Å². The van der Waals surface area contributed by atoms with E-state index in [0.717, 1.165) is 11.1 Å². The molecule has 0 fully saturated rings. The number of amides is 2. The van der Waals surface area contributed by atoms with E-state index in [0.29, 0.717) is 28.7 Å². The topological polar surface area (TPSA) is 58.2 Å². The maximum absolute atomic E-state index is 11.9. The minimum Gasteiger partial charge on any atom is -0.355 e. The van der Waals surface area contributed by atoms with Gasteiger partial charge in [0.2, 0.25) is 11.8 Å². The monoisotopic (exact) mass is 364 g/mol. The first-order valence-corrected chi connectivity index (χ1v) is 8.27. The molecule has 0 atom stereocenters. The molecule has 126 valence electrons. The molecular weight excluding hydrogens is 347 g/mol. The highest BCUT2D eigenvalue weighted by atomic mass is 35.5. The largest absolute Gasteiger partial charge is 0.355 e. The number of anilines is 1. The molecule has 0 saturated heterocycles. The van der Waals surface area contributed by atoms with Crippen LogP contribution < -0.4 is 10.6 Å². The van der Waals surface area contributed by atoms with Crippen LogP contribution in [0, 0.1) is 6.92 Å². The summed E-state index contributed by atoms with van der Waals surface area (Å²) in [7, 11) is 0. The van der Waals surface area contributed by atoms with Crippen molar-refractivity contribution in [3.05, 3.63) is 63.6 Å². The first-order chi connectivity index (χ1) is 11.5. The summed E-state index contributed by atoms with van der Waals surface area (Å²) in [4.78, 5) is 23.7. The summed E-state index contributed by atoms with van der Waals surface area (Å²) < 4.78 is 0. The van der Waals surface area contributed by atoms with Crippen molar-refractivity contribution in [1.29, 1.82) is 0 Å². The Morgan fingerprint density at radius 3 is 2.42 bits per heavy atom. The van der Waals surface area contributed by atoms with Crippen molar-refractivity contribution < 1.29 is 9.59 Å². The van der Waals surface area contributed by atoms with Gasteiger partial charge in [-0.25, -0.2) is 0 Å². The van der Waals surface area contributed by atoms with Gasteiger partial charge in [-0.05, 0) is 48.7 Å². The molecule has 0 heterocycles. The lowest BCUT2D eigenvalue weighted by Gasteiger charge is -2.10. The molecule has 0 aliphatic heterocycles. The zero-order valence-corrected chi connectivity index (χ0v) is 14.7. The Kier molecular flexibility index (Phi) is 6.64. The van der Waals surface area contributed by atoms with E-state index in [1.54, 1.807) is 30.3 Å². The fourth-order valence-electron chi connectivity index (χ4n) is 2.14. The van der Waals surface area contributed by atoms with Crippen LogP contribution in [0.15, 0.2) is 42.5 Å². The van der Waals surface area contributed by atoms with Crippen LogP contribution in [0.5, 0.6) is 0 Å². The SMILES string of the molecule is Cc1c(Cl)cccc1NC(=O)CC(=O)NCCc1ccc(Cl)cc1. The second-order valence-corrected chi connectivity index (χ2v) is 6.21. The van der Waals surface area contributed by atoms with Gasteiger partial charge in [-0.3, -0.25) is 9.59 Å². The van der Waals surface area contributed by atoms with Crippen LogP contribution in [0.2, 0.25) is 10.0 Å². The smallest absolute Gasteiger partial charge is 0.233 e. The minimum atomic E-state index is -0.371. The van der Waals surface area contributed by atoms with Crippen molar-refractivity contribution in [3.8, 4) is 0 Å². The van der Waals surface area contributed by atoms with Gasteiger partial charge in [0, 0.05) is 22.3 Å². The first-order valence-electron chi connectivity index (χ1n) is 7.52. The van der Waals surface area contributed by atoms with Gasteiger partial charge >= 0.3 is 0 Å². The Bertz CT molecular complexity index is 730. The second-order valence-electron chi connectivity index (χ2n) is 5.36. The molecule has 0 bridgehead atoms. The highest BCUT2D eigenvalue weighted by molar-refractivity contribution is 6.31. The van der Waals surface area contributed by atoms with Gasteiger partial charge in [0.05, 0.1) is 0 Å². The number of carbonyl (C=O) groups is 2. The predicted octanol–water partition coefficient (Wildman–Crippen LogP) is 3.99. The average Bonchev–Trinajstić information content (AvgIpc) is 2.53. The summed E-state index contributed by atoms with van der Waals surface area (Å²) in [6.45, 7) is 2.27. The molecule has 0 unspecified atom stereocenters. The molecule has 0 aliphatic carbocycles. The van der Waals surface area contributed by atoms with Crippen molar-refractivity contribution in [2.45, 2.75) is 19.8 Å². The Morgan fingerprint density at radius 1 is 1.00 bits per heavy atom. The van der Waals surface area contributed by atoms with Crippen molar-refractivity contribution >= 4 is 40.7 Å². The van der Waals surface area contributed by atoms with Gasteiger partial charge < -0.3 is 10.6 Å². The molecule has 0 aromatic heterocycles. The molecule has 24 heavy (non-hydrogen) atoms. The quantitative estimate of drug-likeness (QED) is 0.761. The summed E-state index contributed by atoms with van der Waals surface area (Å²) in [5, 5.41) is 6.67. The van der Waals surface area contributed by atoms with Crippen LogP contribution in [0.1, 0.15) is 17.5 Å². The Balaban J connectivity index is 1.76. The number of hydrogen-bond donors (Lipinski definition) is 2. The maximum atomic E-state index is 11.9. The van der Waals surface area contributed by atoms with E-state index < -0.39 is 0 Å². The highest BCUT2D eigenvalue weighted by Gasteiger charge is 2.11. The molecule has 2 N–H and O–H groups in total. The van der Waals surface area contributed by atoms with Crippen molar-refractivity contribution in [2.24, 2.45) is 0 Å². The maximum Gasteiger partial charge on any atom is 0.233 e. The van der Waals surface area contributed by atoms with E-state index in [2.05, 4.69) is 10.6 Å². The first kappa shape index (κ1) is 18.3. The zero-order valence-electron chi connectivity index (χ0n) is 13.2. The summed E-state index contributed by atoms with van der Waals surface area (Å²) in [5.41, 5.74) is 2.45. The van der Waals surface area contributed by atoms with Crippen LogP contribution in [0.25, 0.3) is 0 Å². The molecule has 4 nitrogen and oxygen atoms in total. The number of carbonyl (C=O) groups excluding carboxylic acids is 2. The van der Waals surface area contributed by atoms with Gasteiger partial charge in [-0.1, -0.05) is 41.4 Å². The van der Waals surface area contributed by atoms with Crippen molar-refractivity contribution in [3.63, 3.8) is 0 Å². The van der Waals surface area contributed by atoms with Crippen LogP contribution in [-0.2, 0) is 16.0 Å². The summed E-state index contributed by atoms with van der Waals surface area (Å²) >= 11 is 11.8. The lowest BCUT2D eigenvalue weighted by Crippen LogP contribution is -2.29. The fraction of sp³-hybridized carbons (Fsp3) is 0.222. The highest BCUT2D eigenvalue weighted by Crippen LogP contribution is 2.22. The molecule has 0 saturated carbocycles. The fourth-order valence-corrected chi connectivity index (χ4v) is 2.44. The number of halogens is 2.